The molecule has 103 heavy (non-hydrogen) atoms. The molecule has 4 saturated heterocycles. The Morgan fingerprint density at radius 1 is 0.612 bits per heavy atom. The summed E-state index contributed by atoms with van der Waals surface area (Å²) in [6.07, 6.45) is 1.07. The molecule has 0 aromatic heterocycles. The van der Waals surface area contributed by atoms with Crippen molar-refractivity contribution in [2.45, 2.75) is 128 Å². The van der Waals surface area contributed by atoms with Crippen LogP contribution in [0.2, 0.25) is 0 Å². The van der Waals surface area contributed by atoms with E-state index in [1.165, 1.54) is 43.9 Å². The molecule has 4 aliphatic heterocycles. The second kappa shape index (κ2) is 44.7. The maximum Gasteiger partial charge on any atom is 1.00 e. The van der Waals surface area contributed by atoms with E-state index in [1.807, 2.05) is 60.7 Å². The second-order valence-electron chi connectivity index (χ2n) is 26.2. The molecule has 550 valence electrons. The molecule has 8 rings (SSSR count). The molecule has 0 aliphatic carbocycles. The number of alkyl halides is 1. The fourth-order valence-electron chi connectivity index (χ4n) is 11.6. The summed E-state index contributed by atoms with van der Waals surface area (Å²) in [4.78, 5) is 127. The van der Waals surface area contributed by atoms with Gasteiger partial charge in [0.05, 0.1) is 23.9 Å². The molecule has 0 radical (unpaired) electrons. The number of rotatable bonds is 25. The Hall–Kier alpha value is -6.24. The number of piperazine rings is 2. The average Bonchev–Trinajstić information content (AvgIpc) is 1.07. The number of phenols is 1. The Morgan fingerprint density at radius 2 is 1.00 bits per heavy atom. The van der Waals surface area contributed by atoms with Gasteiger partial charge in [-0.3, -0.25) is 43.4 Å². The number of carbonyl (C=O) groups is 9. The van der Waals surface area contributed by atoms with E-state index in [4.69, 9.17) is 24.3 Å². The summed E-state index contributed by atoms with van der Waals surface area (Å²) in [5.74, 6) is -5.56. The molecule has 25 nitrogen and oxygen atoms in total. The topological polar surface area (TPSA) is 318 Å². The van der Waals surface area contributed by atoms with Crippen molar-refractivity contribution in [3.05, 3.63) is 182 Å². The van der Waals surface area contributed by atoms with Crippen LogP contribution < -0.4 is 123 Å². The van der Waals surface area contributed by atoms with Crippen LogP contribution in [0.3, 0.4) is 0 Å². The van der Waals surface area contributed by atoms with Crippen molar-refractivity contribution in [3.8, 4) is 11.5 Å². The molecule has 0 saturated carbocycles. The molecule has 4 fully saturated rings. The molecule has 4 aromatic rings. The number of amides is 8. The standard InChI is InChI=1S/C36H45FN4O7.C33H41FN4O7.C3H5Br.CH2O3.2K.H/c1-6-13-39-23-26(20-30(39)42)33(44)38-29(19-25-17-27(37)21-28(18-25)47-16-7-2)32(43)31-34(45)40(22-24-11-9-8-10-12-24)14-15-41(31)35(46)48-36(3,4)5;1-5-11-36-20-23(17-27(36)40)30(42)35-26(16-22-14-24(34)18-25(39)15-22)29(41)28-31(43)37(19-21-9-7-6-8-10-21)12-13-38(28)32(44)45-33(2,3)4;1-2-3-4;2-1-4-3;;;/h6-12,17-18,21,26,29,31-32,43H,1-2,13-16,19-20,22-23H2,3-5H3,(H,38,44);5-10,14-15,18,23,26,28-29,39,41H,1,11-13,16-17,19-20H2,2-4H3,(H,35,42);2H,1,3H2;1,3H;;;/q;;;;2*+1;-1/p-1/t26?,29-,31-,32-;23?,26-,28-,29-;;;;;/m00...../s1. The van der Waals surface area contributed by atoms with Gasteiger partial charge in [-0.1, -0.05) is 107 Å². The number of hydrogen-bond acceptors (Lipinski definition) is 17. The fourth-order valence-corrected chi connectivity index (χ4v) is 11.6. The fraction of sp³-hybridized carbons (Fsp3) is 0.438. The molecule has 0 spiro atoms. The SMILES string of the molecule is C=CCBr.C=CCN1CC(C(=O)N[C@@H](Cc2cc(O)cc(F)c2)[C@H](O)[C@H]2C(=O)N(Cc3ccccc3)CCN2C(=O)OC(C)(C)C)CC1=O.C=CCOc1cc(F)cc(C[C@H](NC(=O)C2CC(=O)N(CC=C)C2)[C@H](O)[C@H]2C(=O)N(Cc3ccccc3)CCN2C(=O)OC(C)(C)C)c1.O=CO[O-].[H-].[K+].[K+]. The molecule has 4 aliphatic rings. The van der Waals surface area contributed by atoms with E-state index in [-0.39, 0.29) is 237 Å². The largest absolute Gasteiger partial charge is 1.00 e. The van der Waals surface area contributed by atoms with Gasteiger partial charge in [0.25, 0.3) is 6.47 Å². The minimum absolute atomic E-state index is 0. The Labute approximate surface area is 695 Å². The number of likely N-dealkylation sites (tertiary alicyclic amines) is 2. The van der Waals surface area contributed by atoms with Crippen LogP contribution in [0.5, 0.6) is 11.5 Å². The van der Waals surface area contributed by atoms with E-state index in [0.29, 0.717) is 5.56 Å². The van der Waals surface area contributed by atoms with Gasteiger partial charge >= 0.3 is 115 Å². The maximum atomic E-state index is 14.7. The van der Waals surface area contributed by atoms with Gasteiger partial charge in [0, 0.05) is 95.8 Å². The zero-order chi connectivity index (χ0) is 74.7. The minimum Gasteiger partial charge on any atom is -1.00 e. The first-order valence-corrected chi connectivity index (χ1v) is 33.8. The molecular weight excluding hydrogens is 1460 g/mol. The van der Waals surface area contributed by atoms with Gasteiger partial charge in [0.2, 0.25) is 35.4 Å². The number of nitrogens with zero attached hydrogens (tertiary/aromatic N) is 6. The number of allylic oxidation sites excluding steroid dienone is 1. The molecule has 5 N–H and O–H groups in total. The summed E-state index contributed by atoms with van der Waals surface area (Å²) in [6.45, 7) is 26.2. The number of halogens is 3. The van der Waals surface area contributed by atoms with Crippen LogP contribution in [0.4, 0.5) is 18.4 Å². The summed E-state index contributed by atoms with van der Waals surface area (Å²) in [5.41, 5.74) is 0.523. The van der Waals surface area contributed by atoms with Crippen LogP contribution >= 0.6 is 15.9 Å². The number of hydrogen-bond donors (Lipinski definition) is 5. The van der Waals surface area contributed by atoms with Crippen LogP contribution in [0, 0.1) is 23.5 Å². The number of ether oxygens (including phenoxy) is 3. The van der Waals surface area contributed by atoms with Crippen molar-refractivity contribution in [1.82, 2.24) is 40.0 Å². The predicted molar refractivity (Wildman–Crippen MR) is 373 cm³/mol. The molecule has 8 amide bonds. The molecule has 2 unspecified atom stereocenters. The van der Waals surface area contributed by atoms with Crippen LogP contribution in [0.25, 0.3) is 0 Å². The molecular formula is C73H93BrF2K2N8O17. The summed E-state index contributed by atoms with van der Waals surface area (Å²) < 4.78 is 45.7. The van der Waals surface area contributed by atoms with E-state index in [0.717, 1.165) is 33.5 Å². The van der Waals surface area contributed by atoms with Gasteiger partial charge in [0.1, 0.15) is 65.2 Å². The number of aromatic hydroxyl groups is 1. The number of benzene rings is 4. The predicted octanol–water partition coefficient (Wildman–Crippen LogP) is 0.186. The van der Waals surface area contributed by atoms with Crippen LogP contribution in [-0.2, 0) is 73.9 Å². The number of aliphatic hydroxyl groups excluding tert-OH is 2. The quantitative estimate of drug-likeness (QED) is 0.0148. The van der Waals surface area contributed by atoms with Crippen molar-refractivity contribution in [2.24, 2.45) is 11.8 Å². The third-order valence-corrected chi connectivity index (χ3v) is 16.5. The van der Waals surface area contributed by atoms with E-state index >= 15 is 0 Å². The van der Waals surface area contributed by atoms with Crippen LogP contribution in [0.1, 0.15) is 78.1 Å². The number of aliphatic hydroxyl groups is 2. The number of nitrogens with one attached hydrogen (secondary N) is 2. The monoisotopic (exact) mass is 1550 g/mol. The van der Waals surface area contributed by atoms with Crippen LogP contribution in [0.15, 0.2) is 148 Å². The first-order valence-electron chi connectivity index (χ1n) is 32.7. The van der Waals surface area contributed by atoms with E-state index in [2.05, 4.69) is 57.8 Å². The Bertz CT molecular complexity index is 3500. The minimum atomic E-state index is -1.68. The van der Waals surface area contributed by atoms with E-state index in [1.54, 1.807) is 70.7 Å². The second-order valence-corrected chi connectivity index (χ2v) is 26.8. The third-order valence-electron chi connectivity index (χ3n) is 16.0. The van der Waals surface area contributed by atoms with Crippen molar-refractivity contribution in [1.29, 1.82) is 0 Å². The molecule has 30 heteroatoms. The van der Waals surface area contributed by atoms with Gasteiger partial charge in [-0.2, -0.15) is 0 Å². The van der Waals surface area contributed by atoms with Gasteiger partial charge in [-0.15, -0.1) is 19.7 Å². The van der Waals surface area contributed by atoms with E-state index < -0.39 is 107 Å². The zero-order valence-corrected chi connectivity index (χ0v) is 67.6. The molecule has 8 atom stereocenters. The van der Waals surface area contributed by atoms with Gasteiger partial charge < -0.3 is 71.3 Å². The number of carbonyl (C=O) groups excluding carboxylic acids is 9. The first-order chi connectivity index (χ1) is 47.9. The summed E-state index contributed by atoms with van der Waals surface area (Å²) >= 11 is 3.13. The Kier molecular flexibility index (Phi) is 39.4. The average molecular weight is 1550 g/mol. The smallest absolute Gasteiger partial charge is 1.00 e. The van der Waals surface area contributed by atoms with Crippen molar-refractivity contribution in [3.63, 3.8) is 0 Å². The summed E-state index contributed by atoms with van der Waals surface area (Å²) in [7, 11) is 0. The van der Waals surface area contributed by atoms with Gasteiger partial charge in [0.15, 0.2) is 0 Å². The van der Waals surface area contributed by atoms with Crippen LogP contribution in [-0.4, -0.2) is 211 Å². The maximum absolute atomic E-state index is 14.7. The van der Waals surface area contributed by atoms with Crippen molar-refractivity contribution < 1.29 is 196 Å². The van der Waals surface area contributed by atoms with Crippen molar-refractivity contribution >= 4 is 70.0 Å². The normalized spacial score (nSPS) is 18.3. The van der Waals surface area contributed by atoms with Gasteiger partial charge in [-0.25, -0.2) is 18.4 Å². The Balaban J connectivity index is 0.000000624. The molecule has 0 bridgehead atoms. The molecule has 4 aromatic carbocycles. The summed E-state index contributed by atoms with van der Waals surface area (Å²) in [5, 5.41) is 49.0. The van der Waals surface area contributed by atoms with Crippen molar-refractivity contribution in [2.75, 3.05) is 64.3 Å². The Morgan fingerprint density at radius 3 is 1.35 bits per heavy atom. The first kappa shape index (κ1) is 91.0. The van der Waals surface area contributed by atoms with E-state index in [9.17, 15) is 62.5 Å². The summed E-state index contributed by atoms with van der Waals surface area (Å²) in [6, 6.07) is 20.6. The molecule has 4 heterocycles. The third kappa shape index (κ3) is 29.2. The zero-order valence-electron chi connectivity index (χ0n) is 60.8. The van der Waals surface area contributed by atoms with Gasteiger partial charge in [-0.05, 0) is 101 Å². The number of phenolic OH excluding ortho intramolecular Hbond substituents is 1.